The molecule has 0 aromatic heterocycles. The van der Waals surface area contributed by atoms with Crippen LogP contribution in [0.1, 0.15) is 46.0 Å². The lowest BCUT2D eigenvalue weighted by Gasteiger charge is -2.25. The van der Waals surface area contributed by atoms with Gasteiger partial charge < -0.3 is 0 Å². The molecule has 2 aliphatic carbocycles. The second kappa shape index (κ2) is 7.51. The number of rotatable bonds is 9. The van der Waals surface area contributed by atoms with Gasteiger partial charge in [0, 0.05) is 11.3 Å². The molecule has 132 valence electrons. The fourth-order valence-corrected chi connectivity index (χ4v) is 7.40. The first-order valence-electron chi connectivity index (χ1n) is 8.61. The van der Waals surface area contributed by atoms with Crippen LogP contribution in [0.2, 0.25) is 0 Å². The summed E-state index contributed by atoms with van der Waals surface area (Å²) in [5.74, 6) is 0.374. The van der Waals surface area contributed by atoms with Gasteiger partial charge in [-0.25, -0.2) is 16.8 Å². The molecule has 6 heteroatoms. The Morgan fingerprint density at radius 1 is 0.957 bits per heavy atom. The Kier molecular flexibility index (Phi) is 6.11. The summed E-state index contributed by atoms with van der Waals surface area (Å²) in [5, 5.41) is 0.825. The highest BCUT2D eigenvalue weighted by Gasteiger charge is 2.49. The molecule has 0 aromatic rings. The molecule has 23 heavy (non-hydrogen) atoms. The summed E-state index contributed by atoms with van der Waals surface area (Å²) in [6.45, 7) is 3.93. The molecule has 0 heterocycles. The highest BCUT2D eigenvalue weighted by atomic mass is 32.2. The Morgan fingerprint density at radius 3 is 2.22 bits per heavy atom. The normalized spacial score (nSPS) is 30.5. The molecule has 2 aliphatic rings. The van der Waals surface area contributed by atoms with Crippen LogP contribution in [0.15, 0.2) is 23.6 Å². The van der Waals surface area contributed by atoms with Gasteiger partial charge in [-0.2, -0.15) is 0 Å². The summed E-state index contributed by atoms with van der Waals surface area (Å²) in [4.78, 5) is 0. The Morgan fingerprint density at radius 2 is 1.57 bits per heavy atom. The fraction of sp³-hybridized carbons (Fsp3) is 0.765. The highest BCUT2D eigenvalue weighted by molar-refractivity contribution is 7.94. The lowest BCUT2D eigenvalue weighted by Crippen LogP contribution is -2.34. The maximum atomic E-state index is 12.7. The van der Waals surface area contributed by atoms with E-state index in [0.717, 1.165) is 19.3 Å². The molecule has 4 nitrogen and oxygen atoms in total. The molecule has 0 N–H and O–H groups in total. The van der Waals surface area contributed by atoms with Crippen LogP contribution in [-0.2, 0) is 19.7 Å². The van der Waals surface area contributed by atoms with Crippen molar-refractivity contribution < 1.29 is 16.8 Å². The second-order valence-corrected chi connectivity index (χ2v) is 11.0. The van der Waals surface area contributed by atoms with Crippen molar-refractivity contribution >= 4 is 19.7 Å². The molecule has 0 unspecified atom stereocenters. The van der Waals surface area contributed by atoms with Crippen molar-refractivity contribution in [1.29, 1.82) is 0 Å². The fourth-order valence-electron chi connectivity index (χ4n) is 3.68. The van der Waals surface area contributed by atoms with E-state index in [2.05, 4.69) is 6.08 Å². The highest BCUT2D eigenvalue weighted by Crippen LogP contribution is 2.48. The van der Waals surface area contributed by atoms with Gasteiger partial charge in [0.25, 0.3) is 0 Å². The van der Waals surface area contributed by atoms with Crippen LogP contribution in [0.5, 0.6) is 0 Å². The average molecular weight is 361 g/mol. The lowest BCUT2D eigenvalue weighted by molar-refractivity contribution is 0.513. The monoisotopic (exact) mass is 360 g/mol. The summed E-state index contributed by atoms with van der Waals surface area (Å²) >= 11 is 0. The molecule has 2 rings (SSSR count). The first-order chi connectivity index (χ1) is 10.8. The van der Waals surface area contributed by atoms with E-state index in [1.54, 1.807) is 6.08 Å². The number of sulfone groups is 2. The molecule has 2 bridgehead atoms. The summed E-state index contributed by atoms with van der Waals surface area (Å²) < 4.78 is 49.4. The smallest absolute Gasteiger partial charge is 0.171 e. The van der Waals surface area contributed by atoms with Crippen LogP contribution in [-0.4, -0.2) is 33.6 Å². The van der Waals surface area contributed by atoms with E-state index in [9.17, 15) is 16.8 Å². The molecule has 0 aliphatic heterocycles. The molecule has 4 atom stereocenters. The van der Waals surface area contributed by atoms with E-state index in [0.29, 0.717) is 12.8 Å². The molecule has 0 radical (unpaired) electrons. The average Bonchev–Trinajstić information content (AvgIpc) is 3.10. The van der Waals surface area contributed by atoms with Gasteiger partial charge in [0.05, 0.1) is 16.8 Å². The third-order valence-electron chi connectivity index (χ3n) is 4.93. The predicted octanol–water partition coefficient (Wildman–Crippen LogP) is 3.12. The van der Waals surface area contributed by atoms with Crippen molar-refractivity contribution in [3.05, 3.63) is 23.6 Å². The molecular weight excluding hydrogens is 332 g/mol. The topological polar surface area (TPSA) is 68.3 Å². The van der Waals surface area contributed by atoms with Crippen LogP contribution in [0.3, 0.4) is 0 Å². The van der Waals surface area contributed by atoms with Gasteiger partial charge in [-0.05, 0) is 31.1 Å². The van der Waals surface area contributed by atoms with Gasteiger partial charge >= 0.3 is 0 Å². The minimum absolute atomic E-state index is 0.0508. The summed E-state index contributed by atoms with van der Waals surface area (Å²) in [5.41, 5.74) is 0. The molecule has 0 spiro atoms. The third kappa shape index (κ3) is 4.47. The van der Waals surface area contributed by atoms with Crippen LogP contribution < -0.4 is 0 Å². The SMILES string of the molecule is CCCCS(=O)(=O)/C=C/[C@@H]1[C@@H](S(=O)(=O)CCCC)[C@H]2C=C[C@H]1C2. The van der Waals surface area contributed by atoms with Crippen molar-refractivity contribution in [1.82, 2.24) is 0 Å². The van der Waals surface area contributed by atoms with E-state index >= 15 is 0 Å². The van der Waals surface area contributed by atoms with E-state index in [4.69, 9.17) is 0 Å². The first-order valence-corrected chi connectivity index (χ1v) is 12.0. The van der Waals surface area contributed by atoms with E-state index in [-0.39, 0.29) is 29.3 Å². The number of hydrogen-bond donors (Lipinski definition) is 0. The van der Waals surface area contributed by atoms with E-state index in [1.165, 1.54) is 5.41 Å². The number of allylic oxidation sites excluding steroid dienone is 3. The molecule has 0 aromatic carbocycles. The lowest BCUT2D eigenvalue weighted by atomic mass is 9.93. The van der Waals surface area contributed by atoms with Gasteiger partial charge in [0.1, 0.15) is 0 Å². The number of hydrogen-bond acceptors (Lipinski definition) is 4. The van der Waals surface area contributed by atoms with Crippen LogP contribution in [0.4, 0.5) is 0 Å². The maximum Gasteiger partial charge on any atom is 0.171 e. The zero-order valence-electron chi connectivity index (χ0n) is 14.0. The summed E-state index contributed by atoms with van der Waals surface area (Å²) in [6, 6.07) is 0. The zero-order valence-corrected chi connectivity index (χ0v) is 15.7. The van der Waals surface area contributed by atoms with Crippen molar-refractivity contribution in [2.24, 2.45) is 17.8 Å². The molecule has 1 saturated carbocycles. The molecule has 1 fully saturated rings. The summed E-state index contributed by atoms with van der Waals surface area (Å²) in [6.07, 6.45) is 9.55. The Bertz CT molecular complexity index is 659. The standard InChI is InChI=1S/C17H28O4S2/c1-3-5-10-22(18,19)12-9-16-14-7-8-15(13-14)17(16)23(20,21)11-6-4-2/h7-9,12,14-17H,3-6,10-11,13H2,1-2H3/b12-9+/t14-,15-,16-,17-/m0/s1. The van der Waals surface area contributed by atoms with Gasteiger partial charge in [0.2, 0.25) is 0 Å². The first kappa shape index (κ1) is 18.7. The number of unbranched alkanes of at least 4 members (excludes halogenated alkanes) is 2. The molecule has 0 saturated heterocycles. The maximum absolute atomic E-state index is 12.7. The Hall–Kier alpha value is -0.620. The van der Waals surface area contributed by atoms with Gasteiger partial charge in [-0.15, -0.1) is 0 Å². The largest absolute Gasteiger partial charge is 0.229 e. The Labute approximate surface area is 140 Å². The van der Waals surface area contributed by atoms with Gasteiger partial charge in [-0.3, -0.25) is 0 Å². The van der Waals surface area contributed by atoms with E-state index < -0.39 is 24.9 Å². The van der Waals surface area contributed by atoms with E-state index in [1.807, 2.05) is 19.9 Å². The van der Waals surface area contributed by atoms with Crippen LogP contribution in [0, 0.1) is 17.8 Å². The number of fused-ring (bicyclic) bond motifs is 2. The van der Waals surface area contributed by atoms with Crippen LogP contribution >= 0.6 is 0 Å². The van der Waals surface area contributed by atoms with Crippen molar-refractivity contribution in [2.75, 3.05) is 11.5 Å². The molecular formula is C17H28O4S2. The predicted molar refractivity (Wildman–Crippen MR) is 94.5 cm³/mol. The zero-order chi connectivity index (χ0) is 17.1. The quantitative estimate of drug-likeness (QED) is 0.593. The third-order valence-corrected chi connectivity index (χ3v) is 8.71. The summed E-state index contributed by atoms with van der Waals surface area (Å²) in [7, 11) is -6.42. The van der Waals surface area contributed by atoms with Gasteiger partial charge in [-0.1, -0.05) is 44.9 Å². The van der Waals surface area contributed by atoms with Crippen molar-refractivity contribution in [2.45, 2.75) is 51.2 Å². The minimum atomic E-state index is -3.23. The minimum Gasteiger partial charge on any atom is -0.229 e. The second-order valence-electron chi connectivity index (χ2n) is 6.76. The Balaban J connectivity index is 2.18. The van der Waals surface area contributed by atoms with Gasteiger partial charge in [0.15, 0.2) is 19.7 Å². The van der Waals surface area contributed by atoms with Crippen molar-refractivity contribution in [3.8, 4) is 0 Å². The molecule has 0 amide bonds. The van der Waals surface area contributed by atoms with Crippen LogP contribution in [0.25, 0.3) is 0 Å². The van der Waals surface area contributed by atoms with Crippen molar-refractivity contribution in [3.63, 3.8) is 0 Å².